The lowest BCUT2D eigenvalue weighted by Crippen LogP contribution is -2.24. The van der Waals surface area contributed by atoms with E-state index in [2.05, 4.69) is 21.2 Å². The molecule has 0 aromatic heterocycles. The Bertz CT molecular complexity index is 250. The number of nitrogens with one attached hydrogen (secondary N) is 1. The summed E-state index contributed by atoms with van der Waals surface area (Å²) >= 11 is 3.46. The number of hydrogen-bond acceptors (Lipinski definition) is 2. The molecule has 0 saturated carbocycles. The van der Waals surface area contributed by atoms with E-state index in [1.807, 2.05) is 31.3 Å². The Morgan fingerprint density at radius 1 is 1.50 bits per heavy atom. The van der Waals surface area contributed by atoms with Crippen LogP contribution in [0.15, 0.2) is 28.7 Å². The highest BCUT2D eigenvalue weighted by molar-refractivity contribution is 9.10. The van der Waals surface area contributed by atoms with Crippen LogP contribution in [0.4, 0.5) is 0 Å². The number of hydrogen-bond donors (Lipinski definition) is 2. The molecule has 1 aromatic carbocycles. The maximum Gasteiger partial charge on any atom is 0.0432 e. The third kappa shape index (κ3) is 2.30. The second-order valence-electron chi connectivity index (χ2n) is 2.69. The molecule has 1 aromatic rings. The Morgan fingerprint density at radius 2 is 2.17 bits per heavy atom. The summed E-state index contributed by atoms with van der Waals surface area (Å²) in [7, 11) is 1.90. The van der Waals surface area contributed by atoms with Crippen LogP contribution in [0.2, 0.25) is 0 Å². The molecule has 0 bridgehead atoms. The van der Waals surface area contributed by atoms with Gasteiger partial charge >= 0.3 is 0 Å². The normalized spacial score (nSPS) is 12.9. The minimum atomic E-state index is 0.0607. The number of rotatable bonds is 3. The fourth-order valence-electron chi connectivity index (χ4n) is 1.11. The standard InChI is InChI=1S/C9H13BrN2/c1-12-6-9(11)7-4-2-3-5-8(7)10/h2-5,9,12H,6,11H2,1H3. The zero-order chi connectivity index (χ0) is 8.97. The first-order chi connectivity index (χ1) is 5.75. The maximum absolute atomic E-state index is 5.91. The lowest BCUT2D eigenvalue weighted by atomic mass is 10.1. The van der Waals surface area contributed by atoms with Crippen molar-refractivity contribution in [1.29, 1.82) is 0 Å². The van der Waals surface area contributed by atoms with Crippen molar-refractivity contribution in [3.8, 4) is 0 Å². The van der Waals surface area contributed by atoms with Gasteiger partial charge in [-0.05, 0) is 18.7 Å². The first-order valence-electron chi connectivity index (χ1n) is 3.90. The summed E-state index contributed by atoms with van der Waals surface area (Å²) in [6, 6.07) is 8.08. The number of likely N-dealkylation sites (N-methyl/N-ethyl adjacent to an activating group) is 1. The Hall–Kier alpha value is -0.380. The number of benzene rings is 1. The molecule has 0 amide bonds. The van der Waals surface area contributed by atoms with Crippen molar-refractivity contribution in [2.75, 3.05) is 13.6 Å². The highest BCUT2D eigenvalue weighted by Gasteiger charge is 2.06. The van der Waals surface area contributed by atoms with Gasteiger partial charge in [-0.3, -0.25) is 0 Å². The summed E-state index contributed by atoms with van der Waals surface area (Å²) in [5.74, 6) is 0. The maximum atomic E-state index is 5.91. The summed E-state index contributed by atoms with van der Waals surface area (Å²) in [5, 5.41) is 3.05. The molecule has 0 heterocycles. The molecule has 3 heteroatoms. The molecule has 1 unspecified atom stereocenters. The predicted octanol–water partition coefficient (Wildman–Crippen LogP) is 1.67. The van der Waals surface area contributed by atoms with Gasteiger partial charge < -0.3 is 11.1 Å². The Labute approximate surface area is 81.3 Å². The van der Waals surface area contributed by atoms with Crippen molar-refractivity contribution in [1.82, 2.24) is 5.32 Å². The third-order valence-corrected chi connectivity index (χ3v) is 2.45. The van der Waals surface area contributed by atoms with Gasteiger partial charge in [-0.2, -0.15) is 0 Å². The summed E-state index contributed by atoms with van der Waals surface area (Å²) in [6.07, 6.45) is 0. The first kappa shape index (κ1) is 9.71. The topological polar surface area (TPSA) is 38.0 Å². The van der Waals surface area contributed by atoms with Crippen LogP contribution < -0.4 is 11.1 Å². The van der Waals surface area contributed by atoms with Crippen LogP contribution in [0.3, 0.4) is 0 Å². The zero-order valence-electron chi connectivity index (χ0n) is 7.05. The molecular formula is C9H13BrN2. The molecule has 66 valence electrons. The Morgan fingerprint density at radius 3 is 2.75 bits per heavy atom. The molecule has 0 aliphatic rings. The van der Waals surface area contributed by atoms with Gasteiger partial charge in [0.15, 0.2) is 0 Å². The van der Waals surface area contributed by atoms with Gasteiger partial charge in [0.05, 0.1) is 0 Å². The van der Waals surface area contributed by atoms with E-state index in [0.717, 1.165) is 16.6 Å². The van der Waals surface area contributed by atoms with Crippen LogP contribution in [0.25, 0.3) is 0 Å². The summed E-state index contributed by atoms with van der Waals surface area (Å²) in [6.45, 7) is 0.794. The predicted molar refractivity (Wildman–Crippen MR) is 55.0 cm³/mol. The van der Waals surface area contributed by atoms with Crippen molar-refractivity contribution in [3.05, 3.63) is 34.3 Å². The van der Waals surface area contributed by atoms with E-state index in [4.69, 9.17) is 5.73 Å². The summed E-state index contributed by atoms with van der Waals surface area (Å²) < 4.78 is 1.08. The first-order valence-corrected chi connectivity index (χ1v) is 4.69. The minimum Gasteiger partial charge on any atom is -0.323 e. The highest BCUT2D eigenvalue weighted by Crippen LogP contribution is 2.20. The van der Waals surface area contributed by atoms with E-state index in [-0.39, 0.29) is 6.04 Å². The summed E-state index contributed by atoms with van der Waals surface area (Å²) in [4.78, 5) is 0. The van der Waals surface area contributed by atoms with Crippen LogP contribution in [-0.4, -0.2) is 13.6 Å². The van der Waals surface area contributed by atoms with E-state index in [0.29, 0.717) is 0 Å². The molecule has 0 aliphatic carbocycles. The van der Waals surface area contributed by atoms with Crippen molar-refractivity contribution in [2.45, 2.75) is 6.04 Å². The third-order valence-electron chi connectivity index (χ3n) is 1.73. The minimum absolute atomic E-state index is 0.0607. The van der Waals surface area contributed by atoms with E-state index in [9.17, 15) is 0 Å². The van der Waals surface area contributed by atoms with Gasteiger partial charge in [-0.25, -0.2) is 0 Å². The van der Waals surface area contributed by atoms with Gasteiger partial charge in [0.25, 0.3) is 0 Å². The Kier molecular flexibility index (Phi) is 3.72. The van der Waals surface area contributed by atoms with E-state index < -0.39 is 0 Å². The van der Waals surface area contributed by atoms with Gasteiger partial charge in [-0.1, -0.05) is 34.1 Å². The molecule has 0 aliphatic heterocycles. The number of halogens is 1. The van der Waals surface area contributed by atoms with Crippen LogP contribution in [0.1, 0.15) is 11.6 Å². The molecule has 12 heavy (non-hydrogen) atoms. The quantitative estimate of drug-likeness (QED) is 0.827. The van der Waals surface area contributed by atoms with Gasteiger partial charge in [0.1, 0.15) is 0 Å². The van der Waals surface area contributed by atoms with Gasteiger partial charge in [0, 0.05) is 17.1 Å². The van der Waals surface area contributed by atoms with E-state index in [1.54, 1.807) is 0 Å². The smallest absolute Gasteiger partial charge is 0.0432 e. The molecule has 0 spiro atoms. The zero-order valence-corrected chi connectivity index (χ0v) is 8.64. The van der Waals surface area contributed by atoms with Crippen molar-refractivity contribution in [2.24, 2.45) is 5.73 Å². The van der Waals surface area contributed by atoms with E-state index >= 15 is 0 Å². The fraction of sp³-hybridized carbons (Fsp3) is 0.333. The van der Waals surface area contributed by atoms with Crippen molar-refractivity contribution < 1.29 is 0 Å². The molecule has 3 N–H and O–H groups in total. The van der Waals surface area contributed by atoms with E-state index in [1.165, 1.54) is 0 Å². The second-order valence-corrected chi connectivity index (χ2v) is 3.54. The molecule has 1 rings (SSSR count). The molecule has 2 nitrogen and oxygen atoms in total. The Balaban J connectivity index is 2.79. The van der Waals surface area contributed by atoms with Crippen LogP contribution >= 0.6 is 15.9 Å². The van der Waals surface area contributed by atoms with Gasteiger partial charge in [0.2, 0.25) is 0 Å². The molecule has 0 radical (unpaired) electrons. The lowest BCUT2D eigenvalue weighted by molar-refractivity contribution is 0.651. The van der Waals surface area contributed by atoms with Crippen molar-refractivity contribution in [3.63, 3.8) is 0 Å². The average molecular weight is 229 g/mol. The SMILES string of the molecule is CNCC(N)c1ccccc1Br. The van der Waals surface area contributed by atoms with Crippen molar-refractivity contribution >= 4 is 15.9 Å². The monoisotopic (exact) mass is 228 g/mol. The second kappa shape index (κ2) is 4.60. The van der Waals surface area contributed by atoms with Crippen LogP contribution in [0, 0.1) is 0 Å². The highest BCUT2D eigenvalue weighted by atomic mass is 79.9. The van der Waals surface area contributed by atoms with Crippen LogP contribution in [-0.2, 0) is 0 Å². The van der Waals surface area contributed by atoms with Crippen LogP contribution in [0.5, 0.6) is 0 Å². The average Bonchev–Trinajstić information content (AvgIpc) is 2.05. The lowest BCUT2D eigenvalue weighted by Gasteiger charge is -2.12. The van der Waals surface area contributed by atoms with Gasteiger partial charge in [-0.15, -0.1) is 0 Å². The molecule has 0 saturated heterocycles. The molecule has 1 atom stereocenters. The molecule has 0 fully saturated rings. The molecular weight excluding hydrogens is 216 g/mol. The fourth-order valence-corrected chi connectivity index (χ4v) is 1.68. The summed E-state index contributed by atoms with van der Waals surface area (Å²) in [5.41, 5.74) is 7.06. The largest absolute Gasteiger partial charge is 0.323 e. The number of nitrogens with two attached hydrogens (primary N) is 1.